The van der Waals surface area contributed by atoms with Crippen molar-refractivity contribution < 1.29 is 14.3 Å². The SMILES string of the molecule is COCNC(=O)c1nc(-c2cccc(OC)c2)n(-c2ccccc2)n1. The van der Waals surface area contributed by atoms with Crippen LogP contribution in [0.2, 0.25) is 0 Å². The van der Waals surface area contributed by atoms with Gasteiger partial charge in [0.1, 0.15) is 12.5 Å². The minimum absolute atomic E-state index is 0.0683. The number of amides is 1. The van der Waals surface area contributed by atoms with E-state index in [1.54, 1.807) is 11.8 Å². The molecule has 128 valence electrons. The van der Waals surface area contributed by atoms with Crippen molar-refractivity contribution in [3.8, 4) is 22.8 Å². The first-order valence-corrected chi connectivity index (χ1v) is 7.67. The maximum absolute atomic E-state index is 12.2. The molecule has 0 spiro atoms. The number of nitrogens with zero attached hydrogens (tertiary/aromatic N) is 3. The summed E-state index contributed by atoms with van der Waals surface area (Å²) in [6.07, 6.45) is 0. The lowest BCUT2D eigenvalue weighted by molar-refractivity contribution is 0.0862. The molecule has 2 aromatic carbocycles. The molecule has 1 N–H and O–H groups in total. The summed E-state index contributed by atoms with van der Waals surface area (Å²) in [6, 6.07) is 17.0. The van der Waals surface area contributed by atoms with Gasteiger partial charge >= 0.3 is 0 Å². The average molecular weight is 338 g/mol. The number of para-hydroxylation sites is 1. The summed E-state index contributed by atoms with van der Waals surface area (Å²) in [5.41, 5.74) is 1.60. The minimum atomic E-state index is -0.402. The molecule has 0 aliphatic carbocycles. The van der Waals surface area contributed by atoms with Crippen LogP contribution in [0.4, 0.5) is 0 Å². The van der Waals surface area contributed by atoms with E-state index in [0.717, 1.165) is 11.3 Å². The molecule has 1 heterocycles. The fourth-order valence-electron chi connectivity index (χ4n) is 2.32. The van der Waals surface area contributed by atoms with Crippen molar-refractivity contribution in [1.29, 1.82) is 0 Å². The summed E-state index contributed by atoms with van der Waals surface area (Å²) in [7, 11) is 3.10. The summed E-state index contributed by atoms with van der Waals surface area (Å²) in [4.78, 5) is 16.6. The molecule has 3 aromatic rings. The Hall–Kier alpha value is -3.19. The van der Waals surface area contributed by atoms with Gasteiger partial charge in [0.2, 0.25) is 5.82 Å². The topological polar surface area (TPSA) is 78.3 Å². The van der Waals surface area contributed by atoms with Crippen LogP contribution in [0.15, 0.2) is 54.6 Å². The Kier molecular flexibility index (Phi) is 5.06. The fraction of sp³-hybridized carbons (Fsp3) is 0.167. The van der Waals surface area contributed by atoms with Crippen molar-refractivity contribution >= 4 is 5.91 Å². The van der Waals surface area contributed by atoms with Gasteiger partial charge in [0.25, 0.3) is 5.91 Å². The Morgan fingerprint density at radius 2 is 1.92 bits per heavy atom. The lowest BCUT2D eigenvalue weighted by atomic mass is 10.2. The van der Waals surface area contributed by atoms with Crippen molar-refractivity contribution in [3.05, 3.63) is 60.4 Å². The largest absolute Gasteiger partial charge is 0.497 e. The summed E-state index contributed by atoms with van der Waals surface area (Å²) in [6.45, 7) is 0.0905. The van der Waals surface area contributed by atoms with Gasteiger partial charge in [-0.15, -0.1) is 5.10 Å². The van der Waals surface area contributed by atoms with Gasteiger partial charge in [0.15, 0.2) is 5.82 Å². The number of ether oxygens (including phenoxy) is 2. The Bertz CT molecular complexity index is 862. The van der Waals surface area contributed by atoms with Gasteiger partial charge in [-0.25, -0.2) is 9.67 Å². The van der Waals surface area contributed by atoms with Gasteiger partial charge in [-0.1, -0.05) is 30.3 Å². The van der Waals surface area contributed by atoms with Gasteiger partial charge in [-0.05, 0) is 24.3 Å². The lowest BCUT2D eigenvalue weighted by Gasteiger charge is -2.07. The first-order chi connectivity index (χ1) is 12.2. The van der Waals surface area contributed by atoms with Gasteiger partial charge in [0, 0.05) is 12.7 Å². The summed E-state index contributed by atoms with van der Waals surface area (Å²) >= 11 is 0. The molecule has 0 unspecified atom stereocenters. The minimum Gasteiger partial charge on any atom is -0.497 e. The predicted octanol–water partition coefficient (Wildman–Crippen LogP) is 2.28. The number of benzene rings is 2. The molecule has 7 nitrogen and oxygen atoms in total. The van der Waals surface area contributed by atoms with Gasteiger partial charge in [-0.2, -0.15) is 0 Å². The molecule has 1 aromatic heterocycles. The van der Waals surface area contributed by atoms with E-state index in [4.69, 9.17) is 9.47 Å². The maximum Gasteiger partial charge on any atom is 0.292 e. The van der Waals surface area contributed by atoms with E-state index >= 15 is 0 Å². The third-order valence-corrected chi connectivity index (χ3v) is 3.52. The van der Waals surface area contributed by atoms with Crippen LogP contribution in [0.5, 0.6) is 5.75 Å². The number of hydrogen-bond acceptors (Lipinski definition) is 5. The first-order valence-electron chi connectivity index (χ1n) is 7.67. The van der Waals surface area contributed by atoms with Gasteiger partial charge in [0.05, 0.1) is 12.8 Å². The summed E-state index contributed by atoms with van der Waals surface area (Å²) in [5.74, 6) is 0.914. The number of aromatic nitrogens is 3. The molecule has 7 heteroatoms. The van der Waals surface area contributed by atoms with E-state index in [1.165, 1.54) is 7.11 Å². The van der Waals surface area contributed by atoms with E-state index < -0.39 is 5.91 Å². The van der Waals surface area contributed by atoms with E-state index in [2.05, 4.69) is 15.4 Å². The Balaban J connectivity index is 2.08. The quantitative estimate of drug-likeness (QED) is 0.698. The molecule has 0 fully saturated rings. The molecule has 0 saturated heterocycles. The maximum atomic E-state index is 12.2. The number of methoxy groups -OCH3 is 2. The number of rotatable bonds is 6. The van der Waals surface area contributed by atoms with Crippen LogP contribution >= 0.6 is 0 Å². The smallest absolute Gasteiger partial charge is 0.292 e. The number of nitrogens with one attached hydrogen (secondary N) is 1. The van der Waals surface area contributed by atoms with Crippen LogP contribution in [0.1, 0.15) is 10.6 Å². The lowest BCUT2D eigenvalue weighted by Crippen LogP contribution is -2.26. The van der Waals surface area contributed by atoms with Crippen LogP contribution in [0.3, 0.4) is 0 Å². The molecule has 0 radical (unpaired) electrons. The van der Waals surface area contributed by atoms with E-state index in [1.807, 2.05) is 54.6 Å². The molecular formula is C18H18N4O3. The van der Waals surface area contributed by atoms with Crippen molar-refractivity contribution in [2.75, 3.05) is 21.0 Å². The molecule has 0 saturated carbocycles. The standard InChI is InChI=1S/C18H18N4O3/c1-24-12-19-18(23)16-20-17(13-7-6-10-15(11-13)25-2)22(21-16)14-8-4-3-5-9-14/h3-11H,12H2,1-2H3,(H,19,23). The van der Waals surface area contributed by atoms with Gasteiger partial charge in [-0.3, -0.25) is 4.79 Å². The molecular weight excluding hydrogens is 320 g/mol. The molecule has 0 bridgehead atoms. The average Bonchev–Trinajstić information content (AvgIpc) is 3.12. The van der Waals surface area contributed by atoms with Crippen molar-refractivity contribution in [2.24, 2.45) is 0 Å². The number of carbonyl (C=O) groups is 1. The second kappa shape index (κ2) is 7.59. The number of hydrogen-bond donors (Lipinski definition) is 1. The highest BCUT2D eigenvalue weighted by molar-refractivity contribution is 5.90. The van der Waals surface area contributed by atoms with E-state index in [-0.39, 0.29) is 12.6 Å². The summed E-state index contributed by atoms with van der Waals surface area (Å²) < 4.78 is 11.8. The third kappa shape index (κ3) is 3.67. The van der Waals surface area contributed by atoms with Gasteiger partial charge < -0.3 is 14.8 Å². The Morgan fingerprint density at radius 1 is 1.12 bits per heavy atom. The monoisotopic (exact) mass is 338 g/mol. The predicted molar refractivity (Wildman–Crippen MR) is 92.7 cm³/mol. The zero-order chi connectivity index (χ0) is 17.6. The Labute approximate surface area is 145 Å². The van der Waals surface area contributed by atoms with Crippen LogP contribution in [-0.2, 0) is 4.74 Å². The van der Waals surface area contributed by atoms with E-state index in [9.17, 15) is 4.79 Å². The van der Waals surface area contributed by atoms with E-state index in [0.29, 0.717) is 11.6 Å². The van der Waals surface area contributed by atoms with Crippen LogP contribution in [-0.4, -0.2) is 41.6 Å². The number of carbonyl (C=O) groups excluding carboxylic acids is 1. The molecule has 3 rings (SSSR count). The normalized spacial score (nSPS) is 10.5. The van der Waals surface area contributed by atoms with Crippen LogP contribution in [0.25, 0.3) is 17.1 Å². The second-order valence-corrected chi connectivity index (χ2v) is 5.18. The second-order valence-electron chi connectivity index (χ2n) is 5.18. The highest BCUT2D eigenvalue weighted by Gasteiger charge is 2.18. The zero-order valence-electron chi connectivity index (χ0n) is 14.0. The Morgan fingerprint density at radius 3 is 2.64 bits per heavy atom. The third-order valence-electron chi connectivity index (χ3n) is 3.52. The van der Waals surface area contributed by atoms with Crippen molar-refractivity contribution in [3.63, 3.8) is 0 Å². The van der Waals surface area contributed by atoms with Crippen molar-refractivity contribution in [1.82, 2.24) is 20.1 Å². The first kappa shape index (κ1) is 16.7. The molecule has 0 aliphatic rings. The molecule has 0 atom stereocenters. The molecule has 25 heavy (non-hydrogen) atoms. The van der Waals surface area contributed by atoms with Crippen LogP contribution < -0.4 is 10.1 Å². The highest BCUT2D eigenvalue weighted by atomic mass is 16.5. The van der Waals surface area contributed by atoms with Crippen molar-refractivity contribution in [2.45, 2.75) is 0 Å². The van der Waals surface area contributed by atoms with Crippen LogP contribution in [0, 0.1) is 0 Å². The zero-order valence-corrected chi connectivity index (χ0v) is 14.0. The molecule has 1 amide bonds. The fourth-order valence-corrected chi connectivity index (χ4v) is 2.32. The summed E-state index contributed by atoms with van der Waals surface area (Å²) in [5, 5.41) is 6.95. The highest BCUT2D eigenvalue weighted by Crippen LogP contribution is 2.24. The molecule has 0 aliphatic heterocycles.